The Bertz CT molecular complexity index is 1080. The van der Waals surface area contributed by atoms with E-state index in [0.717, 1.165) is 35.4 Å². The average Bonchev–Trinajstić information content (AvgIpc) is 3.38. The summed E-state index contributed by atoms with van der Waals surface area (Å²) in [7, 11) is 0. The molecule has 0 radical (unpaired) electrons. The number of fused-ring (bicyclic) bond motifs is 2. The van der Waals surface area contributed by atoms with Crippen molar-refractivity contribution < 1.29 is 19.3 Å². The van der Waals surface area contributed by atoms with Crippen molar-refractivity contribution in [3.8, 4) is 17.1 Å². The van der Waals surface area contributed by atoms with E-state index in [2.05, 4.69) is 34.1 Å². The molecule has 6 rings (SSSR count). The second kappa shape index (κ2) is 7.13. The highest BCUT2D eigenvalue weighted by atomic mass is 35.5. The largest absolute Gasteiger partial charge is 0.470 e. The van der Waals surface area contributed by atoms with Crippen molar-refractivity contribution in [3.05, 3.63) is 41.4 Å². The van der Waals surface area contributed by atoms with E-state index < -0.39 is 6.10 Å². The van der Waals surface area contributed by atoms with Gasteiger partial charge in [0, 0.05) is 30.4 Å². The van der Waals surface area contributed by atoms with Crippen LogP contribution in [0.15, 0.2) is 36.4 Å². The van der Waals surface area contributed by atoms with Gasteiger partial charge in [-0.3, -0.25) is 0 Å². The molecule has 0 aliphatic carbocycles. The second-order valence-electron chi connectivity index (χ2n) is 8.09. The summed E-state index contributed by atoms with van der Waals surface area (Å²) in [5.41, 5.74) is 4.54. The van der Waals surface area contributed by atoms with Gasteiger partial charge in [0.2, 0.25) is 0 Å². The molecule has 4 unspecified atom stereocenters. The van der Waals surface area contributed by atoms with Gasteiger partial charge < -0.3 is 29.2 Å². The van der Waals surface area contributed by atoms with Crippen molar-refractivity contribution in [3.63, 3.8) is 0 Å². The van der Waals surface area contributed by atoms with E-state index in [0.29, 0.717) is 17.5 Å². The van der Waals surface area contributed by atoms with Crippen LogP contribution in [0.5, 0.6) is 5.88 Å². The SMILES string of the molecule is OC1COC2C(Oc3cc4nc(-c5ccc(N6CCC6)cc5)c(Cl)cc4[nH]3)COC12. The van der Waals surface area contributed by atoms with Gasteiger partial charge in [0.05, 0.1) is 35.0 Å². The van der Waals surface area contributed by atoms with E-state index in [9.17, 15) is 5.11 Å². The highest BCUT2D eigenvalue weighted by Crippen LogP contribution is 2.34. The fraction of sp³-hybridized carbons (Fsp3) is 0.409. The van der Waals surface area contributed by atoms with Crippen LogP contribution in [0.2, 0.25) is 5.02 Å². The molecule has 0 spiro atoms. The van der Waals surface area contributed by atoms with Crippen molar-refractivity contribution >= 4 is 28.3 Å². The number of nitrogens with one attached hydrogen (secondary N) is 1. The molecule has 8 heteroatoms. The van der Waals surface area contributed by atoms with Gasteiger partial charge in [-0.1, -0.05) is 23.7 Å². The van der Waals surface area contributed by atoms with Gasteiger partial charge in [-0.2, -0.15) is 0 Å². The molecule has 4 atom stereocenters. The van der Waals surface area contributed by atoms with Gasteiger partial charge in [-0.05, 0) is 24.6 Å². The first kappa shape index (κ1) is 18.4. The third kappa shape index (κ3) is 3.04. The number of anilines is 1. The molecular weight excluding hydrogens is 406 g/mol. The van der Waals surface area contributed by atoms with Crippen LogP contribution in [0.3, 0.4) is 0 Å². The number of benzene rings is 1. The highest BCUT2D eigenvalue weighted by molar-refractivity contribution is 6.33. The molecule has 7 nitrogen and oxygen atoms in total. The summed E-state index contributed by atoms with van der Waals surface area (Å²) < 4.78 is 17.3. The Balaban J connectivity index is 1.25. The molecular formula is C22H22ClN3O4. The van der Waals surface area contributed by atoms with E-state index in [1.807, 2.05) is 12.1 Å². The van der Waals surface area contributed by atoms with Gasteiger partial charge in [-0.25, -0.2) is 4.98 Å². The minimum atomic E-state index is -0.596. The predicted molar refractivity (Wildman–Crippen MR) is 113 cm³/mol. The summed E-state index contributed by atoms with van der Waals surface area (Å²) in [5.74, 6) is 0.582. The summed E-state index contributed by atoms with van der Waals surface area (Å²) >= 11 is 6.55. The Kier molecular flexibility index (Phi) is 4.38. The molecule has 1 aromatic carbocycles. The average molecular weight is 428 g/mol. The number of pyridine rings is 1. The number of hydrogen-bond acceptors (Lipinski definition) is 6. The summed E-state index contributed by atoms with van der Waals surface area (Å²) in [6.07, 6.45) is -0.197. The number of aliphatic hydroxyl groups is 1. The topological polar surface area (TPSA) is 79.8 Å². The number of aromatic nitrogens is 2. The maximum absolute atomic E-state index is 9.89. The summed E-state index contributed by atoms with van der Waals surface area (Å²) in [4.78, 5) is 10.3. The number of ether oxygens (including phenoxy) is 3. The summed E-state index contributed by atoms with van der Waals surface area (Å²) in [5, 5.41) is 10.5. The molecule has 3 aliphatic heterocycles. The number of nitrogens with zero attached hydrogens (tertiary/aromatic N) is 2. The van der Waals surface area contributed by atoms with E-state index in [4.69, 9.17) is 30.8 Å². The summed E-state index contributed by atoms with van der Waals surface area (Å²) in [6.45, 7) is 2.89. The van der Waals surface area contributed by atoms with Crippen LogP contribution < -0.4 is 9.64 Å². The van der Waals surface area contributed by atoms with E-state index in [1.165, 1.54) is 12.1 Å². The monoisotopic (exact) mass is 427 g/mol. The lowest BCUT2D eigenvalue weighted by atomic mass is 10.1. The van der Waals surface area contributed by atoms with E-state index in [1.54, 1.807) is 0 Å². The van der Waals surface area contributed by atoms with Crippen molar-refractivity contribution in [1.29, 1.82) is 0 Å². The molecule has 0 bridgehead atoms. The van der Waals surface area contributed by atoms with Gasteiger partial charge in [-0.15, -0.1) is 0 Å². The first-order valence-electron chi connectivity index (χ1n) is 10.3. The molecule has 3 aliphatic rings. The Morgan fingerprint density at radius 2 is 1.90 bits per heavy atom. The Hall–Kier alpha value is -2.32. The fourth-order valence-electron chi connectivity index (χ4n) is 4.38. The molecule has 0 amide bonds. The van der Waals surface area contributed by atoms with Crippen molar-refractivity contribution in [2.24, 2.45) is 0 Å². The first-order chi connectivity index (χ1) is 14.7. The molecule has 2 aromatic heterocycles. The first-order valence-corrected chi connectivity index (χ1v) is 10.7. The zero-order valence-electron chi connectivity index (χ0n) is 16.3. The lowest BCUT2D eigenvalue weighted by molar-refractivity contribution is 0.00794. The Labute approximate surface area is 178 Å². The fourth-order valence-corrected chi connectivity index (χ4v) is 4.65. The minimum absolute atomic E-state index is 0.261. The minimum Gasteiger partial charge on any atom is -0.470 e. The highest BCUT2D eigenvalue weighted by Gasteiger charge is 2.48. The number of rotatable bonds is 4. The van der Waals surface area contributed by atoms with Crippen molar-refractivity contribution in [2.75, 3.05) is 31.2 Å². The molecule has 3 aromatic rings. The molecule has 2 N–H and O–H groups in total. The molecule has 3 saturated heterocycles. The van der Waals surface area contributed by atoms with Crippen LogP contribution in [0.25, 0.3) is 22.3 Å². The zero-order valence-corrected chi connectivity index (χ0v) is 17.0. The molecule has 0 saturated carbocycles. The number of aliphatic hydroxyl groups excluding tert-OH is 1. The third-order valence-electron chi connectivity index (χ3n) is 6.15. The lowest BCUT2D eigenvalue weighted by Crippen LogP contribution is -2.36. The molecule has 30 heavy (non-hydrogen) atoms. The van der Waals surface area contributed by atoms with E-state index >= 15 is 0 Å². The van der Waals surface area contributed by atoms with Gasteiger partial charge in [0.15, 0.2) is 12.0 Å². The Morgan fingerprint density at radius 3 is 2.67 bits per heavy atom. The molecule has 5 heterocycles. The quantitative estimate of drug-likeness (QED) is 0.666. The normalized spacial score (nSPS) is 28.0. The van der Waals surface area contributed by atoms with Crippen molar-refractivity contribution in [1.82, 2.24) is 9.97 Å². The lowest BCUT2D eigenvalue weighted by Gasteiger charge is -2.33. The zero-order chi connectivity index (χ0) is 20.2. The van der Waals surface area contributed by atoms with Crippen molar-refractivity contribution in [2.45, 2.75) is 30.8 Å². The van der Waals surface area contributed by atoms with E-state index in [-0.39, 0.29) is 24.9 Å². The van der Waals surface area contributed by atoms with Crippen LogP contribution in [0.1, 0.15) is 6.42 Å². The Morgan fingerprint density at radius 1 is 1.10 bits per heavy atom. The van der Waals surface area contributed by atoms with Gasteiger partial charge in [0.1, 0.15) is 18.3 Å². The number of halogens is 1. The smallest absolute Gasteiger partial charge is 0.193 e. The maximum Gasteiger partial charge on any atom is 0.193 e. The van der Waals surface area contributed by atoms with Crippen LogP contribution in [0.4, 0.5) is 5.69 Å². The number of aromatic amines is 1. The second-order valence-corrected chi connectivity index (χ2v) is 8.50. The molecule has 156 valence electrons. The predicted octanol–water partition coefficient (Wildman–Crippen LogP) is 3.00. The third-order valence-corrected chi connectivity index (χ3v) is 6.44. The maximum atomic E-state index is 9.89. The van der Waals surface area contributed by atoms with Crippen LogP contribution in [-0.2, 0) is 9.47 Å². The van der Waals surface area contributed by atoms with Gasteiger partial charge in [0.25, 0.3) is 0 Å². The standard InChI is InChI=1S/C22H22ClN3O4/c23-14-8-15-16(25-20(14)12-2-4-13(5-3-12)26-6-1-7-26)9-19(24-15)30-18-11-29-21-17(27)10-28-22(18)21/h2-5,8-9,17-18,21-22,24,27H,1,6-7,10-11H2. The van der Waals surface area contributed by atoms with Crippen LogP contribution in [0, 0.1) is 0 Å². The molecule has 3 fully saturated rings. The summed E-state index contributed by atoms with van der Waals surface area (Å²) in [6, 6.07) is 12.1. The van der Waals surface area contributed by atoms with Crippen LogP contribution >= 0.6 is 11.6 Å². The number of H-pyrrole nitrogens is 1. The van der Waals surface area contributed by atoms with Gasteiger partial charge >= 0.3 is 0 Å². The number of hydrogen-bond donors (Lipinski definition) is 2. The van der Waals surface area contributed by atoms with Crippen LogP contribution in [-0.4, -0.2) is 65.8 Å².